The van der Waals surface area contributed by atoms with Crippen LogP contribution in [0.5, 0.6) is 0 Å². The number of nitrogens with zero attached hydrogens (tertiary/aromatic N) is 5. The largest absolute Gasteiger partial charge is 0.348 e. The van der Waals surface area contributed by atoms with E-state index in [2.05, 4.69) is 28.1 Å². The van der Waals surface area contributed by atoms with Crippen LogP contribution in [-0.2, 0) is 11.3 Å². The molecule has 3 aliphatic rings. The summed E-state index contributed by atoms with van der Waals surface area (Å²) >= 11 is 0. The van der Waals surface area contributed by atoms with Crippen LogP contribution in [0.3, 0.4) is 0 Å². The monoisotopic (exact) mass is 480 g/mol. The van der Waals surface area contributed by atoms with Crippen LogP contribution in [0.15, 0.2) is 24.3 Å². The van der Waals surface area contributed by atoms with Crippen molar-refractivity contribution in [3.63, 3.8) is 0 Å². The fraction of sp³-hybridized carbons (Fsp3) is 0.667. The highest BCUT2D eigenvalue weighted by atomic mass is 16.2. The molecule has 8 nitrogen and oxygen atoms in total. The van der Waals surface area contributed by atoms with Gasteiger partial charge >= 0.3 is 0 Å². The molecule has 35 heavy (non-hydrogen) atoms. The van der Waals surface area contributed by atoms with Crippen LogP contribution >= 0.6 is 0 Å². The van der Waals surface area contributed by atoms with Crippen LogP contribution in [0, 0.1) is 0 Å². The lowest BCUT2D eigenvalue weighted by Crippen LogP contribution is -2.54. The van der Waals surface area contributed by atoms with Gasteiger partial charge in [0.25, 0.3) is 5.91 Å². The number of para-hydroxylation sites is 1. The summed E-state index contributed by atoms with van der Waals surface area (Å²) in [4.78, 5) is 32.0. The van der Waals surface area contributed by atoms with E-state index < -0.39 is 0 Å². The van der Waals surface area contributed by atoms with Crippen molar-refractivity contribution in [1.29, 1.82) is 0 Å². The van der Waals surface area contributed by atoms with Crippen molar-refractivity contribution < 1.29 is 9.59 Å². The van der Waals surface area contributed by atoms with E-state index in [1.54, 1.807) is 6.92 Å². The number of aryl methyl sites for hydroxylation is 1. The summed E-state index contributed by atoms with van der Waals surface area (Å²) in [7, 11) is 0. The standard InChI is InChI=1S/C27H40N6O2/c1-3-4-11-33-25-8-6-5-7-24(25)26(29-33)27(35)28-21-18-22-9-10-23(19-21)32(22)17-14-30-12-15-31(16-13-30)20(2)34/h5-8,21-23H,3-4,9-19H2,1-2H3,(H,28,35)/t21-,22+,23-. The number of benzene rings is 1. The summed E-state index contributed by atoms with van der Waals surface area (Å²) in [5.41, 5.74) is 1.61. The molecule has 2 amide bonds. The van der Waals surface area contributed by atoms with E-state index in [0.29, 0.717) is 17.8 Å². The Morgan fingerprint density at radius 1 is 1.00 bits per heavy atom. The summed E-state index contributed by atoms with van der Waals surface area (Å²) in [6.07, 6.45) is 6.66. The maximum Gasteiger partial charge on any atom is 0.272 e. The predicted molar refractivity (Wildman–Crippen MR) is 137 cm³/mol. The Bertz CT molecular complexity index is 1030. The van der Waals surface area contributed by atoms with Crippen LogP contribution in [0.4, 0.5) is 0 Å². The number of carbonyl (C=O) groups is 2. The number of fused-ring (bicyclic) bond motifs is 3. The topological polar surface area (TPSA) is 73.7 Å². The van der Waals surface area contributed by atoms with Gasteiger partial charge in [-0.3, -0.25) is 24.1 Å². The third-order valence-corrected chi connectivity index (χ3v) is 8.31. The second-order valence-electron chi connectivity index (χ2n) is 10.6. The number of unbranched alkanes of at least 4 members (excludes halogenated alkanes) is 1. The van der Waals surface area contributed by atoms with E-state index in [1.165, 1.54) is 12.8 Å². The predicted octanol–water partition coefficient (Wildman–Crippen LogP) is 2.73. The number of aromatic nitrogens is 2. The highest BCUT2D eigenvalue weighted by Crippen LogP contribution is 2.35. The van der Waals surface area contributed by atoms with Gasteiger partial charge in [-0.25, -0.2) is 0 Å². The maximum absolute atomic E-state index is 13.3. The summed E-state index contributed by atoms with van der Waals surface area (Å²) in [5.74, 6) is 0.158. The Balaban J connectivity index is 1.16. The minimum atomic E-state index is -0.0300. The van der Waals surface area contributed by atoms with E-state index in [1.807, 2.05) is 27.8 Å². The Morgan fingerprint density at radius 2 is 1.71 bits per heavy atom. The second-order valence-corrected chi connectivity index (χ2v) is 10.6. The minimum absolute atomic E-state index is 0.0300. The lowest BCUT2D eigenvalue weighted by molar-refractivity contribution is -0.130. The van der Waals surface area contributed by atoms with Crippen LogP contribution in [-0.4, -0.2) is 93.7 Å². The van der Waals surface area contributed by atoms with Gasteiger partial charge in [0.1, 0.15) is 0 Å². The van der Waals surface area contributed by atoms with Crippen molar-refractivity contribution >= 4 is 22.7 Å². The van der Waals surface area contributed by atoms with Crippen molar-refractivity contribution in [1.82, 2.24) is 29.8 Å². The Kier molecular flexibility index (Phi) is 7.39. The molecule has 3 aliphatic heterocycles. The normalized spacial score (nSPS) is 25.3. The second kappa shape index (κ2) is 10.7. The van der Waals surface area contributed by atoms with Crippen molar-refractivity contribution in [2.75, 3.05) is 39.3 Å². The fourth-order valence-corrected chi connectivity index (χ4v) is 6.33. The molecule has 3 fully saturated rings. The molecule has 1 aromatic heterocycles. The third-order valence-electron chi connectivity index (χ3n) is 8.31. The molecular weight excluding hydrogens is 440 g/mol. The number of nitrogens with one attached hydrogen (secondary N) is 1. The summed E-state index contributed by atoms with van der Waals surface area (Å²) in [5, 5.41) is 9.02. The quantitative estimate of drug-likeness (QED) is 0.629. The molecule has 5 rings (SSSR count). The Morgan fingerprint density at radius 3 is 2.40 bits per heavy atom. The zero-order chi connectivity index (χ0) is 24.4. The van der Waals surface area contributed by atoms with E-state index in [0.717, 1.165) is 82.4 Å². The van der Waals surface area contributed by atoms with Crippen molar-refractivity contribution in [3.8, 4) is 0 Å². The van der Waals surface area contributed by atoms with E-state index >= 15 is 0 Å². The number of amides is 2. The highest BCUT2D eigenvalue weighted by Gasteiger charge is 2.41. The molecule has 8 heteroatoms. The molecule has 3 atom stereocenters. The van der Waals surface area contributed by atoms with Gasteiger partial charge in [-0.05, 0) is 38.2 Å². The SMILES string of the molecule is CCCCn1nc(C(=O)N[C@H]2C[C@H]3CC[C@@H](C2)N3CCN2CCN(C(C)=O)CC2)c2ccccc21. The molecule has 3 saturated heterocycles. The molecule has 190 valence electrons. The van der Waals surface area contributed by atoms with E-state index in [4.69, 9.17) is 5.10 Å². The van der Waals surface area contributed by atoms with E-state index in [-0.39, 0.29) is 17.9 Å². The Labute approximate surface area is 208 Å². The average molecular weight is 481 g/mol. The van der Waals surface area contributed by atoms with Gasteiger partial charge in [-0.15, -0.1) is 0 Å². The molecule has 0 aliphatic carbocycles. The number of hydrogen-bond donors (Lipinski definition) is 1. The summed E-state index contributed by atoms with van der Waals surface area (Å²) in [6.45, 7) is 10.5. The van der Waals surface area contributed by atoms with Crippen LogP contribution in [0.2, 0.25) is 0 Å². The van der Waals surface area contributed by atoms with Gasteiger partial charge in [0, 0.05) is 76.2 Å². The van der Waals surface area contributed by atoms with Crippen LogP contribution in [0.25, 0.3) is 10.9 Å². The van der Waals surface area contributed by atoms with Gasteiger partial charge in [-0.1, -0.05) is 31.5 Å². The van der Waals surface area contributed by atoms with Crippen LogP contribution in [0.1, 0.15) is 62.9 Å². The van der Waals surface area contributed by atoms with Gasteiger partial charge in [-0.2, -0.15) is 5.10 Å². The van der Waals surface area contributed by atoms with Gasteiger partial charge in [0.2, 0.25) is 5.91 Å². The number of rotatable bonds is 8. The lowest BCUT2D eigenvalue weighted by atomic mass is 9.97. The molecule has 2 bridgehead atoms. The van der Waals surface area contributed by atoms with Crippen LogP contribution < -0.4 is 5.32 Å². The van der Waals surface area contributed by atoms with Crippen molar-refractivity contribution in [2.45, 2.75) is 77.0 Å². The smallest absolute Gasteiger partial charge is 0.272 e. The highest BCUT2D eigenvalue weighted by molar-refractivity contribution is 6.05. The van der Waals surface area contributed by atoms with E-state index in [9.17, 15) is 9.59 Å². The lowest BCUT2D eigenvalue weighted by Gasteiger charge is -2.41. The molecule has 1 N–H and O–H groups in total. The first-order chi connectivity index (χ1) is 17.0. The van der Waals surface area contributed by atoms with Gasteiger partial charge < -0.3 is 10.2 Å². The average Bonchev–Trinajstić information content (AvgIpc) is 3.35. The summed E-state index contributed by atoms with van der Waals surface area (Å²) in [6, 6.07) is 9.41. The zero-order valence-electron chi connectivity index (χ0n) is 21.3. The van der Waals surface area contributed by atoms with Crippen molar-refractivity contribution in [2.24, 2.45) is 0 Å². The molecule has 0 spiro atoms. The molecule has 2 aromatic rings. The molecule has 1 aromatic carbocycles. The third kappa shape index (κ3) is 5.23. The zero-order valence-corrected chi connectivity index (χ0v) is 21.3. The first kappa shape index (κ1) is 24.3. The molecule has 0 saturated carbocycles. The molecular formula is C27H40N6O2. The number of piperidine rings is 1. The Hall–Kier alpha value is -2.45. The first-order valence-electron chi connectivity index (χ1n) is 13.5. The maximum atomic E-state index is 13.3. The summed E-state index contributed by atoms with van der Waals surface area (Å²) < 4.78 is 2.00. The van der Waals surface area contributed by atoms with Crippen molar-refractivity contribution in [3.05, 3.63) is 30.0 Å². The number of hydrogen-bond acceptors (Lipinski definition) is 5. The molecule has 4 heterocycles. The molecule has 0 unspecified atom stereocenters. The number of piperazine rings is 1. The fourth-order valence-electron chi connectivity index (χ4n) is 6.33. The van der Waals surface area contributed by atoms with Gasteiger partial charge in [0.15, 0.2) is 5.69 Å². The molecule has 0 radical (unpaired) electrons. The number of carbonyl (C=O) groups excluding carboxylic acids is 2. The van der Waals surface area contributed by atoms with Gasteiger partial charge in [0.05, 0.1) is 5.52 Å². The minimum Gasteiger partial charge on any atom is -0.348 e. The first-order valence-corrected chi connectivity index (χ1v) is 13.5.